The van der Waals surface area contributed by atoms with Crippen LogP contribution in [-0.4, -0.2) is 41.1 Å². The van der Waals surface area contributed by atoms with Crippen LogP contribution in [0, 0.1) is 5.82 Å². The Balaban J connectivity index is 1.54. The highest BCUT2D eigenvalue weighted by atomic mass is 19.1. The van der Waals surface area contributed by atoms with E-state index in [-0.39, 0.29) is 24.8 Å². The Bertz CT molecular complexity index is 738. The van der Waals surface area contributed by atoms with E-state index >= 15 is 0 Å². The molecule has 0 aromatic heterocycles. The molecule has 1 atom stereocenters. The Morgan fingerprint density at radius 3 is 2.62 bits per heavy atom. The van der Waals surface area contributed by atoms with Gasteiger partial charge in [-0.2, -0.15) is 0 Å². The summed E-state index contributed by atoms with van der Waals surface area (Å²) in [6, 6.07) is 16.5. The normalized spacial score (nSPS) is 20.4. The average Bonchev–Trinajstić information content (AvgIpc) is 2.66. The molecular weight excluding hydrogens is 331 g/mol. The zero-order valence-electron chi connectivity index (χ0n) is 14.8. The minimum absolute atomic E-state index is 0.127. The van der Waals surface area contributed by atoms with E-state index in [1.165, 1.54) is 11.6 Å². The molecule has 1 saturated heterocycles. The fourth-order valence-corrected chi connectivity index (χ4v) is 3.40. The number of halogens is 1. The summed E-state index contributed by atoms with van der Waals surface area (Å²) in [7, 11) is 0. The van der Waals surface area contributed by atoms with Gasteiger partial charge in [0.05, 0.1) is 0 Å². The summed E-state index contributed by atoms with van der Waals surface area (Å²) in [5.41, 5.74) is 0.285. The first-order chi connectivity index (χ1) is 12.6. The SMILES string of the molecule is O=C1N(CCc2ccccc2)CCC[C@]1(O)CNCc1ccccc1F. The molecule has 1 amide bonds. The van der Waals surface area contributed by atoms with E-state index in [0.29, 0.717) is 25.1 Å². The Labute approximate surface area is 153 Å². The fraction of sp³-hybridized carbons (Fsp3) is 0.381. The number of benzene rings is 2. The molecule has 2 aromatic carbocycles. The lowest BCUT2D eigenvalue weighted by atomic mass is 9.91. The van der Waals surface area contributed by atoms with Crippen molar-refractivity contribution in [3.63, 3.8) is 0 Å². The Hall–Kier alpha value is -2.24. The summed E-state index contributed by atoms with van der Waals surface area (Å²) >= 11 is 0. The molecule has 1 fully saturated rings. The topological polar surface area (TPSA) is 52.6 Å². The lowest BCUT2D eigenvalue weighted by Crippen LogP contribution is -2.58. The van der Waals surface area contributed by atoms with Crippen molar-refractivity contribution in [1.82, 2.24) is 10.2 Å². The molecule has 0 saturated carbocycles. The van der Waals surface area contributed by atoms with E-state index in [9.17, 15) is 14.3 Å². The standard InChI is InChI=1S/C21H25FN2O2/c22-19-10-5-4-9-18(19)15-23-16-21(26)12-6-13-24(20(21)25)14-11-17-7-2-1-3-8-17/h1-5,7-10,23,26H,6,11-16H2/t21-/m0/s1. The number of nitrogens with zero attached hydrogens (tertiary/aromatic N) is 1. The number of carbonyl (C=O) groups excluding carboxylic acids is 1. The molecule has 3 rings (SSSR count). The van der Waals surface area contributed by atoms with Crippen molar-refractivity contribution in [3.05, 3.63) is 71.5 Å². The van der Waals surface area contributed by atoms with Crippen molar-refractivity contribution in [1.29, 1.82) is 0 Å². The molecule has 1 aliphatic heterocycles. The fourth-order valence-electron chi connectivity index (χ4n) is 3.40. The van der Waals surface area contributed by atoms with Crippen LogP contribution in [-0.2, 0) is 17.8 Å². The summed E-state index contributed by atoms with van der Waals surface area (Å²) < 4.78 is 13.7. The Kier molecular flexibility index (Phi) is 6.01. The molecule has 2 N–H and O–H groups in total. The van der Waals surface area contributed by atoms with Gasteiger partial charge in [0.25, 0.3) is 5.91 Å². The number of carbonyl (C=O) groups is 1. The summed E-state index contributed by atoms with van der Waals surface area (Å²) in [5.74, 6) is -0.521. The number of amides is 1. The summed E-state index contributed by atoms with van der Waals surface area (Å²) in [4.78, 5) is 14.5. The first kappa shape index (κ1) is 18.5. The third-order valence-electron chi connectivity index (χ3n) is 4.91. The van der Waals surface area contributed by atoms with Gasteiger partial charge < -0.3 is 15.3 Å². The monoisotopic (exact) mass is 356 g/mol. The molecule has 26 heavy (non-hydrogen) atoms. The van der Waals surface area contributed by atoms with E-state index in [1.54, 1.807) is 23.1 Å². The molecule has 2 aromatic rings. The maximum Gasteiger partial charge on any atom is 0.255 e. The van der Waals surface area contributed by atoms with Crippen molar-refractivity contribution in [2.75, 3.05) is 19.6 Å². The van der Waals surface area contributed by atoms with E-state index in [4.69, 9.17) is 0 Å². The molecule has 0 unspecified atom stereocenters. The van der Waals surface area contributed by atoms with Gasteiger partial charge in [-0.3, -0.25) is 4.79 Å². The summed E-state index contributed by atoms with van der Waals surface area (Å²) in [5, 5.41) is 13.8. The van der Waals surface area contributed by atoms with Gasteiger partial charge >= 0.3 is 0 Å². The predicted molar refractivity (Wildman–Crippen MR) is 99.0 cm³/mol. The number of rotatable bonds is 7. The molecule has 4 nitrogen and oxygen atoms in total. The largest absolute Gasteiger partial charge is 0.379 e. The Morgan fingerprint density at radius 2 is 1.85 bits per heavy atom. The van der Waals surface area contributed by atoms with Crippen LogP contribution in [0.25, 0.3) is 0 Å². The van der Waals surface area contributed by atoms with Crippen LogP contribution in [0.2, 0.25) is 0 Å². The molecule has 1 aliphatic rings. The zero-order valence-corrected chi connectivity index (χ0v) is 14.8. The van der Waals surface area contributed by atoms with Crippen LogP contribution >= 0.6 is 0 Å². The van der Waals surface area contributed by atoms with Crippen LogP contribution in [0.15, 0.2) is 54.6 Å². The Morgan fingerprint density at radius 1 is 1.12 bits per heavy atom. The third-order valence-corrected chi connectivity index (χ3v) is 4.91. The van der Waals surface area contributed by atoms with Gasteiger partial charge in [-0.25, -0.2) is 4.39 Å². The maximum atomic E-state index is 13.7. The summed E-state index contributed by atoms with van der Waals surface area (Å²) in [6.45, 7) is 1.67. The van der Waals surface area contributed by atoms with Crippen LogP contribution < -0.4 is 5.32 Å². The van der Waals surface area contributed by atoms with Crippen molar-refractivity contribution < 1.29 is 14.3 Å². The van der Waals surface area contributed by atoms with E-state index in [1.807, 2.05) is 30.3 Å². The second kappa shape index (κ2) is 8.43. The van der Waals surface area contributed by atoms with Gasteiger partial charge in [-0.1, -0.05) is 48.5 Å². The minimum atomic E-state index is -1.42. The first-order valence-electron chi connectivity index (χ1n) is 9.08. The molecule has 0 aliphatic carbocycles. The number of piperidine rings is 1. The van der Waals surface area contributed by atoms with Crippen LogP contribution in [0.3, 0.4) is 0 Å². The van der Waals surface area contributed by atoms with Crippen molar-refractivity contribution in [3.8, 4) is 0 Å². The highest BCUT2D eigenvalue weighted by molar-refractivity contribution is 5.86. The zero-order chi connectivity index (χ0) is 18.4. The number of likely N-dealkylation sites (tertiary alicyclic amines) is 1. The second-order valence-electron chi connectivity index (χ2n) is 6.86. The molecule has 138 valence electrons. The van der Waals surface area contributed by atoms with Gasteiger partial charge in [0, 0.05) is 31.7 Å². The van der Waals surface area contributed by atoms with Gasteiger partial charge in [0.2, 0.25) is 0 Å². The number of hydrogen-bond acceptors (Lipinski definition) is 3. The second-order valence-corrected chi connectivity index (χ2v) is 6.86. The molecular formula is C21H25FN2O2. The highest BCUT2D eigenvalue weighted by Gasteiger charge is 2.41. The van der Waals surface area contributed by atoms with Crippen LogP contribution in [0.1, 0.15) is 24.0 Å². The number of hydrogen-bond donors (Lipinski definition) is 2. The van der Waals surface area contributed by atoms with E-state index < -0.39 is 5.60 Å². The van der Waals surface area contributed by atoms with E-state index in [0.717, 1.165) is 12.8 Å². The van der Waals surface area contributed by atoms with Crippen molar-refractivity contribution in [2.45, 2.75) is 31.4 Å². The maximum absolute atomic E-state index is 13.7. The molecule has 0 bridgehead atoms. The quantitative estimate of drug-likeness (QED) is 0.802. The van der Waals surface area contributed by atoms with Crippen LogP contribution in [0.5, 0.6) is 0 Å². The highest BCUT2D eigenvalue weighted by Crippen LogP contribution is 2.22. The molecule has 5 heteroatoms. The van der Waals surface area contributed by atoms with Gasteiger partial charge in [-0.15, -0.1) is 0 Å². The average molecular weight is 356 g/mol. The van der Waals surface area contributed by atoms with Crippen molar-refractivity contribution >= 4 is 5.91 Å². The number of aliphatic hydroxyl groups is 1. The van der Waals surface area contributed by atoms with E-state index in [2.05, 4.69) is 5.32 Å². The lowest BCUT2D eigenvalue weighted by molar-refractivity contribution is -0.156. The lowest BCUT2D eigenvalue weighted by Gasteiger charge is -2.38. The van der Waals surface area contributed by atoms with Gasteiger partial charge in [0.1, 0.15) is 5.82 Å². The minimum Gasteiger partial charge on any atom is -0.379 e. The smallest absolute Gasteiger partial charge is 0.255 e. The van der Waals surface area contributed by atoms with Crippen LogP contribution in [0.4, 0.5) is 4.39 Å². The number of nitrogens with one attached hydrogen (secondary N) is 1. The third kappa shape index (κ3) is 4.48. The predicted octanol–water partition coefficient (Wildman–Crippen LogP) is 2.51. The van der Waals surface area contributed by atoms with Gasteiger partial charge in [0.15, 0.2) is 5.60 Å². The van der Waals surface area contributed by atoms with Gasteiger partial charge in [-0.05, 0) is 30.9 Å². The molecule has 0 radical (unpaired) electrons. The molecule has 0 spiro atoms. The molecule has 1 heterocycles. The summed E-state index contributed by atoms with van der Waals surface area (Å²) in [6.07, 6.45) is 1.96. The first-order valence-corrected chi connectivity index (χ1v) is 9.08. The van der Waals surface area contributed by atoms with Crippen molar-refractivity contribution in [2.24, 2.45) is 0 Å².